The second-order valence-corrected chi connectivity index (χ2v) is 5.31. The Balaban J connectivity index is 1.95. The summed E-state index contributed by atoms with van der Waals surface area (Å²) in [5, 5.41) is 26.4. The zero-order valence-corrected chi connectivity index (χ0v) is 13.7. The van der Waals surface area contributed by atoms with Gasteiger partial charge in [-0.3, -0.25) is 19.7 Å². The summed E-state index contributed by atoms with van der Waals surface area (Å²) in [5.41, 5.74) is 2.61. The van der Waals surface area contributed by atoms with Crippen LogP contribution in [0.3, 0.4) is 0 Å². The van der Waals surface area contributed by atoms with Gasteiger partial charge in [-0.1, -0.05) is 30.3 Å². The minimum absolute atomic E-state index is 0.0255. The van der Waals surface area contributed by atoms with Crippen LogP contribution in [0.25, 0.3) is 0 Å². The molecule has 2 aromatic carbocycles. The highest BCUT2D eigenvalue weighted by molar-refractivity contribution is 6.35. The highest BCUT2D eigenvalue weighted by Crippen LogP contribution is 2.21. The molecule has 0 radical (unpaired) electrons. The minimum atomic E-state index is -1.01. The van der Waals surface area contributed by atoms with Crippen molar-refractivity contribution in [3.05, 3.63) is 69.8 Å². The summed E-state index contributed by atoms with van der Waals surface area (Å²) >= 11 is 0. The normalized spacial score (nSPS) is 11.7. The number of hydrazone groups is 1. The number of phenols is 1. The predicted molar refractivity (Wildman–Crippen MR) is 93.5 cm³/mol. The Kier molecular flexibility index (Phi) is 5.99. The third kappa shape index (κ3) is 4.87. The van der Waals surface area contributed by atoms with E-state index in [1.807, 2.05) is 35.8 Å². The summed E-state index contributed by atoms with van der Waals surface area (Å²) in [7, 11) is 0. The number of nitrogens with one attached hydrogen (secondary N) is 2. The van der Waals surface area contributed by atoms with Crippen LogP contribution in [0.1, 0.15) is 24.1 Å². The van der Waals surface area contributed by atoms with E-state index in [4.69, 9.17) is 0 Å². The van der Waals surface area contributed by atoms with Gasteiger partial charge in [0.15, 0.2) is 0 Å². The Bertz CT molecular complexity index is 851. The molecule has 0 spiro atoms. The fourth-order valence-corrected chi connectivity index (χ4v) is 2.06. The molecule has 134 valence electrons. The average molecular weight is 356 g/mol. The van der Waals surface area contributed by atoms with Crippen LogP contribution in [0.15, 0.2) is 53.6 Å². The molecule has 1 atom stereocenters. The van der Waals surface area contributed by atoms with Crippen molar-refractivity contribution in [3.8, 4) is 5.75 Å². The Morgan fingerprint density at radius 1 is 1.19 bits per heavy atom. The standard InChI is InChI=1S/C17H16N4O5/c1-11(12-5-3-2-4-6-12)19-16(23)17(24)20-18-10-13-9-14(21(25)26)7-8-15(13)22/h2-11,22H,1H3,(H,19,23)(H,20,24)/b18-10+/t11-/m1/s1. The quantitative estimate of drug-likeness (QED) is 0.324. The molecule has 0 heterocycles. The van der Waals surface area contributed by atoms with Gasteiger partial charge in [-0.25, -0.2) is 5.43 Å². The van der Waals surface area contributed by atoms with Crippen molar-refractivity contribution in [2.24, 2.45) is 5.10 Å². The fraction of sp³-hybridized carbons (Fsp3) is 0.118. The lowest BCUT2D eigenvalue weighted by Gasteiger charge is -2.13. The zero-order chi connectivity index (χ0) is 19.1. The molecule has 0 saturated carbocycles. The molecule has 3 N–H and O–H groups in total. The van der Waals surface area contributed by atoms with Gasteiger partial charge in [0.25, 0.3) is 5.69 Å². The maximum absolute atomic E-state index is 11.8. The topological polar surface area (TPSA) is 134 Å². The first-order valence-corrected chi connectivity index (χ1v) is 7.54. The maximum atomic E-state index is 11.8. The fourth-order valence-electron chi connectivity index (χ4n) is 2.06. The molecular formula is C17H16N4O5. The second-order valence-electron chi connectivity index (χ2n) is 5.31. The predicted octanol–water partition coefficient (Wildman–Crippen LogP) is 1.63. The van der Waals surface area contributed by atoms with Gasteiger partial charge in [-0.2, -0.15) is 5.10 Å². The van der Waals surface area contributed by atoms with E-state index in [1.165, 1.54) is 0 Å². The number of carbonyl (C=O) groups is 2. The van der Waals surface area contributed by atoms with Crippen molar-refractivity contribution in [1.82, 2.24) is 10.7 Å². The lowest BCUT2D eigenvalue weighted by atomic mass is 10.1. The van der Waals surface area contributed by atoms with Crippen LogP contribution >= 0.6 is 0 Å². The van der Waals surface area contributed by atoms with Crippen LogP contribution in [0, 0.1) is 10.1 Å². The molecule has 0 saturated heterocycles. The molecule has 0 fully saturated rings. The molecule has 0 aliphatic rings. The molecule has 9 heteroatoms. The third-order valence-electron chi connectivity index (χ3n) is 3.45. The molecule has 26 heavy (non-hydrogen) atoms. The molecule has 2 amide bonds. The molecule has 9 nitrogen and oxygen atoms in total. The summed E-state index contributed by atoms with van der Waals surface area (Å²) in [6, 6.07) is 12.1. The van der Waals surface area contributed by atoms with Crippen LogP contribution in [0.4, 0.5) is 5.69 Å². The smallest absolute Gasteiger partial charge is 0.329 e. The molecule has 0 unspecified atom stereocenters. The molecule has 0 bridgehead atoms. The van der Waals surface area contributed by atoms with E-state index in [2.05, 4.69) is 10.4 Å². The number of rotatable bonds is 5. The van der Waals surface area contributed by atoms with Gasteiger partial charge in [0.1, 0.15) is 5.75 Å². The average Bonchev–Trinajstić information content (AvgIpc) is 2.63. The Morgan fingerprint density at radius 2 is 1.88 bits per heavy atom. The number of amides is 2. The Morgan fingerprint density at radius 3 is 2.54 bits per heavy atom. The van der Waals surface area contributed by atoms with Crippen LogP contribution in [0.5, 0.6) is 5.75 Å². The van der Waals surface area contributed by atoms with Crippen LogP contribution < -0.4 is 10.7 Å². The zero-order valence-electron chi connectivity index (χ0n) is 13.7. The summed E-state index contributed by atoms with van der Waals surface area (Å²) in [4.78, 5) is 33.7. The minimum Gasteiger partial charge on any atom is -0.507 e. The van der Waals surface area contributed by atoms with Crippen LogP contribution in [-0.4, -0.2) is 28.1 Å². The number of non-ortho nitro benzene ring substituents is 1. The van der Waals surface area contributed by atoms with E-state index in [0.29, 0.717) is 0 Å². The van der Waals surface area contributed by atoms with Crippen molar-refractivity contribution in [1.29, 1.82) is 0 Å². The van der Waals surface area contributed by atoms with Crippen LogP contribution in [0.2, 0.25) is 0 Å². The van der Waals surface area contributed by atoms with Gasteiger partial charge in [-0.05, 0) is 18.6 Å². The second kappa shape index (κ2) is 8.38. The SMILES string of the molecule is C[C@@H](NC(=O)C(=O)N/N=C/c1cc([N+](=O)[O-])ccc1O)c1ccccc1. The van der Waals surface area contributed by atoms with Crippen molar-refractivity contribution in [2.75, 3.05) is 0 Å². The van der Waals surface area contributed by atoms with Crippen molar-refractivity contribution < 1.29 is 19.6 Å². The Hall–Kier alpha value is -3.75. The monoisotopic (exact) mass is 356 g/mol. The number of phenolic OH excluding ortho intramolecular Hbond substituents is 1. The van der Waals surface area contributed by atoms with E-state index < -0.39 is 16.7 Å². The number of aromatic hydroxyl groups is 1. The summed E-state index contributed by atoms with van der Waals surface area (Å²) in [6.45, 7) is 1.73. The number of hydrogen-bond donors (Lipinski definition) is 3. The molecule has 0 aliphatic carbocycles. The molecule has 2 rings (SSSR count). The largest absolute Gasteiger partial charge is 0.507 e. The molecule has 0 aliphatic heterocycles. The van der Waals surface area contributed by atoms with E-state index >= 15 is 0 Å². The molecular weight excluding hydrogens is 340 g/mol. The van der Waals surface area contributed by atoms with E-state index in [-0.39, 0.29) is 23.0 Å². The summed E-state index contributed by atoms with van der Waals surface area (Å²) in [6.07, 6.45) is 1.01. The van der Waals surface area contributed by atoms with Gasteiger partial charge in [0.05, 0.1) is 17.2 Å². The highest BCUT2D eigenvalue weighted by atomic mass is 16.6. The lowest BCUT2D eigenvalue weighted by Crippen LogP contribution is -2.39. The summed E-state index contributed by atoms with van der Waals surface area (Å²) in [5.74, 6) is -2.15. The Labute approximate surface area is 148 Å². The number of carbonyl (C=O) groups excluding carboxylic acids is 2. The van der Waals surface area contributed by atoms with Crippen LogP contribution in [-0.2, 0) is 9.59 Å². The number of nitro benzene ring substituents is 1. The van der Waals surface area contributed by atoms with Gasteiger partial charge in [0.2, 0.25) is 0 Å². The number of nitro groups is 1. The first-order valence-electron chi connectivity index (χ1n) is 7.54. The summed E-state index contributed by atoms with van der Waals surface area (Å²) < 4.78 is 0. The lowest BCUT2D eigenvalue weighted by molar-refractivity contribution is -0.384. The number of hydrogen-bond acceptors (Lipinski definition) is 6. The van der Waals surface area contributed by atoms with Crippen molar-refractivity contribution >= 4 is 23.7 Å². The van der Waals surface area contributed by atoms with Crippen molar-refractivity contribution in [3.63, 3.8) is 0 Å². The number of nitrogens with zero attached hydrogens (tertiary/aromatic N) is 2. The highest BCUT2D eigenvalue weighted by Gasteiger charge is 2.16. The van der Waals surface area contributed by atoms with Gasteiger partial charge < -0.3 is 10.4 Å². The number of benzene rings is 2. The molecule has 2 aromatic rings. The van der Waals surface area contributed by atoms with E-state index in [9.17, 15) is 24.8 Å². The van der Waals surface area contributed by atoms with Gasteiger partial charge in [-0.15, -0.1) is 0 Å². The third-order valence-corrected chi connectivity index (χ3v) is 3.45. The first-order chi connectivity index (χ1) is 12.4. The van der Waals surface area contributed by atoms with E-state index in [0.717, 1.165) is 30.0 Å². The van der Waals surface area contributed by atoms with Crippen molar-refractivity contribution in [2.45, 2.75) is 13.0 Å². The van der Waals surface area contributed by atoms with E-state index in [1.54, 1.807) is 6.92 Å². The molecule has 0 aromatic heterocycles. The maximum Gasteiger partial charge on any atom is 0.329 e. The first kappa shape index (κ1) is 18.6. The van der Waals surface area contributed by atoms with Gasteiger partial charge >= 0.3 is 11.8 Å². The van der Waals surface area contributed by atoms with Gasteiger partial charge in [0, 0.05) is 17.7 Å².